The number of piperazine rings is 1. The van der Waals surface area contributed by atoms with Crippen LogP contribution in [0.5, 0.6) is 0 Å². The van der Waals surface area contributed by atoms with Crippen LogP contribution in [-0.4, -0.2) is 94.4 Å². The van der Waals surface area contributed by atoms with Crippen molar-refractivity contribution in [3.05, 3.63) is 53.0 Å². The molecule has 1 aliphatic carbocycles. The van der Waals surface area contributed by atoms with Gasteiger partial charge in [0.25, 0.3) is 5.91 Å². The summed E-state index contributed by atoms with van der Waals surface area (Å²) in [6.45, 7) is 7.49. The lowest BCUT2D eigenvalue weighted by atomic mass is 9.95. The van der Waals surface area contributed by atoms with E-state index in [1.165, 1.54) is 44.4 Å². The topological polar surface area (TPSA) is 101 Å². The number of aliphatic hydroxyl groups is 1. The average Bonchev–Trinajstić information content (AvgIpc) is 3.07. The molecule has 230 valence electrons. The first kappa shape index (κ1) is 32.1. The molecule has 0 saturated carbocycles. The van der Waals surface area contributed by atoms with Gasteiger partial charge in [-0.25, -0.2) is 13.2 Å². The van der Waals surface area contributed by atoms with Crippen LogP contribution in [0.15, 0.2) is 47.4 Å². The number of amides is 3. The number of hydrogen-bond acceptors (Lipinski definition) is 7. The van der Waals surface area contributed by atoms with Gasteiger partial charge < -0.3 is 14.9 Å². The number of imide groups is 1. The van der Waals surface area contributed by atoms with Crippen LogP contribution in [0.2, 0.25) is 0 Å². The Kier molecular flexibility index (Phi) is 8.44. The summed E-state index contributed by atoms with van der Waals surface area (Å²) in [5.74, 6) is -0.377. The Morgan fingerprint density at radius 2 is 1.74 bits per heavy atom. The van der Waals surface area contributed by atoms with Crippen LogP contribution in [0, 0.1) is 0 Å². The largest absolute Gasteiger partial charge is 0.421 e. The molecule has 3 aliphatic rings. The first-order valence-corrected chi connectivity index (χ1v) is 15.4. The lowest BCUT2D eigenvalue weighted by Crippen LogP contribution is -2.60. The number of alkyl halides is 3. The van der Waals surface area contributed by atoms with Gasteiger partial charge in [0.2, 0.25) is 10.0 Å². The van der Waals surface area contributed by atoms with Crippen molar-refractivity contribution in [2.75, 3.05) is 31.1 Å². The molecule has 1 aromatic carbocycles. The third kappa shape index (κ3) is 5.49. The quantitative estimate of drug-likeness (QED) is 0.361. The maximum atomic E-state index is 13.7. The van der Waals surface area contributed by atoms with E-state index in [1.807, 2.05) is 4.90 Å². The predicted octanol–water partition coefficient (Wildman–Crippen LogP) is 3.94. The number of allylic oxidation sites excluding steroid dienone is 4. The normalized spacial score (nSPS) is 23.6. The fourth-order valence-electron chi connectivity index (χ4n) is 5.41. The summed E-state index contributed by atoms with van der Waals surface area (Å²) in [4.78, 5) is 31.3. The van der Waals surface area contributed by atoms with E-state index in [1.54, 1.807) is 39.8 Å². The molecule has 42 heavy (non-hydrogen) atoms. The number of thiocarbonyl (C=S) groups is 1. The summed E-state index contributed by atoms with van der Waals surface area (Å²) in [6.07, 6.45) is 0.282. The van der Waals surface area contributed by atoms with Crippen molar-refractivity contribution in [3.8, 4) is 0 Å². The van der Waals surface area contributed by atoms with Gasteiger partial charge >= 0.3 is 12.2 Å². The number of benzene rings is 1. The minimum Gasteiger partial charge on any atom is -0.376 e. The maximum Gasteiger partial charge on any atom is 0.421 e. The second-order valence-electron chi connectivity index (χ2n) is 11.6. The van der Waals surface area contributed by atoms with E-state index in [2.05, 4.69) is 0 Å². The molecule has 1 aromatic rings. The molecule has 2 heterocycles. The maximum absolute atomic E-state index is 13.7. The van der Waals surface area contributed by atoms with E-state index >= 15 is 0 Å². The smallest absolute Gasteiger partial charge is 0.376 e. The molecule has 9 nitrogen and oxygen atoms in total. The molecule has 2 aliphatic heterocycles. The zero-order chi connectivity index (χ0) is 31.4. The van der Waals surface area contributed by atoms with Gasteiger partial charge in [0.05, 0.1) is 10.9 Å². The summed E-state index contributed by atoms with van der Waals surface area (Å²) in [5, 5.41) is 10.1. The van der Waals surface area contributed by atoms with Gasteiger partial charge in [-0.2, -0.15) is 17.5 Å². The Hall–Kier alpha value is -2.81. The first-order chi connectivity index (χ1) is 19.3. The predicted molar refractivity (Wildman–Crippen MR) is 156 cm³/mol. The minimum absolute atomic E-state index is 0.0295. The van der Waals surface area contributed by atoms with Crippen LogP contribution in [-0.2, 0) is 20.4 Å². The highest BCUT2D eigenvalue weighted by Gasteiger charge is 2.54. The van der Waals surface area contributed by atoms with Gasteiger partial charge in [-0.15, -0.1) is 0 Å². The van der Waals surface area contributed by atoms with E-state index in [-0.39, 0.29) is 47.4 Å². The Morgan fingerprint density at radius 3 is 2.26 bits per heavy atom. The molecule has 2 saturated heterocycles. The van der Waals surface area contributed by atoms with Gasteiger partial charge in [-0.1, -0.05) is 36.5 Å². The van der Waals surface area contributed by atoms with E-state index in [0.29, 0.717) is 19.0 Å². The molecule has 3 amide bonds. The van der Waals surface area contributed by atoms with Crippen LogP contribution in [0.3, 0.4) is 0 Å². The van der Waals surface area contributed by atoms with Crippen LogP contribution < -0.4 is 4.90 Å². The van der Waals surface area contributed by atoms with Gasteiger partial charge in [0.15, 0.2) is 5.60 Å². The van der Waals surface area contributed by atoms with Crippen LogP contribution >= 0.6 is 12.2 Å². The summed E-state index contributed by atoms with van der Waals surface area (Å²) in [6, 6.07) is 3.65. The number of hydrogen-bond donors (Lipinski definition) is 1. The van der Waals surface area contributed by atoms with E-state index in [0.717, 1.165) is 0 Å². The third-order valence-corrected chi connectivity index (χ3v) is 10.6. The summed E-state index contributed by atoms with van der Waals surface area (Å²) < 4.78 is 68.9. The van der Waals surface area contributed by atoms with Crippen molar-refractivity contribution in [1.82, 2.24) is 14.1 Å². The number of sulfonamides is 1. The number of nitrogens with zero attached hydrogens (tertiary/aromatic N) is 4. The number of carbonyl (C=O) groups is 2. The van der Waals surface area contributed by atoms with E-state index in [9.17, 15) is 36.3 Å². The van der Waals surface area contributed by atoms with Crippen molar-refractivity contribution in [2.45, 2.75) is 70.4 Å². The highest BCUT2D eigenvalue weighted by Crippen LogP contribution is 2.39. The Bertz CT molecular complexity index is 1440. The molecular formula is C28H35F3N4O5S2. The van der Waals surface area contributed by atoms with E-state index < -0.39 is 45.5 Å². The molecule has 1 N–H and O–H groups in total. The molecule has 0 bridgehead atoms. The lowest BCUT2D eigenvalue weighted by molar-refractivity contribution is -0.258. The van der Waals surface area contributed by atoms with Crippen LogP contribution in [0.4, 0.5) is 23.7 Å². The fourth-order valence-corrected chi connectivity index (χ4v) is 7.48. The standard InChI is InChI=1S/C28H35F3N4O5S2/c1-18(2)35-24(36)26(3,4)34(25(35)37)17-21-16-32(42(39,40)23-9-7-6-8-22(23)41)14-15-33(21)20-12-10-19(11-13-20)27(5,38)28(29,30)31/h6-7,9-13,18,21,38H,8,14-17H2,1-5H3/t21-,27-/m1/s1. The van der Waals surface area contributed by atoms with Crippen molar-refractivity contribution in [3.63, 3.8) is 0 Å². The molecule has 0 radical (unpaired) electrons. The van der Waals surface area contributed by atoms with Gasteiger partial charge in [0.1, 0.15) is 5.54 Å². The highest BCUT2D eigenvalue weighted by molar-refractivity contribution is 7.96. The number of rotatable bonds is 7. The molecular weight excluding hydrogens is 593 g/mol. The van der Waals surface area contributed by atoms with Crippen molar-refractivity contribution < 1.29 is 36.3 Å². The SMILES string of the molecule is CC(C)N1C(=O)N(C[C@H]2CN(S(=O)(=O)C3=CC=CCC3=S)CCN2c2ccc([C@@](C)(O)C(F)(F)F)cc2)C(C)(C)C1=O. The van der Waals surface area contributed by atoms with Gasteiger partial charge in [-0.3, -0.25) is 9.69 Å². The molecule has 14 heteroatoms. The van der Waals surface area contributed by atoms with Gasteiger partial charge in [-0.05, 0) is 58.4 Å². The Morgan fingerprint density at radius 1 is 1.12 bits per heavy atom. The molecule has 4 rings (SSSR count). The van der Waals surface area contributed by atoms with Crippen molar-refractivity contribution in [2.24, 2.45) is 0 Å². The number of anilines is 1. The number of carbonyl (C=O) groups excluding carboxylic acids is 2. The first-order valence-electron chi connectivity index (χ1n) is 13.5. The van der Waals surface area contributed by atoms with Crippen molar-refractivity contribution in [1.29, 1.82) is 0 Å². The zero-order valence-corrected chi connectivity index (χ0v) is 25.7. The third-order valence-electron chi connectivity index (χ3n) is 8.10. The second kappa shape index (κ2) is 11.0. The molecule has 2 atom stereocenters. The zero-order valence-electron chi connectivity index (χ0n) is 24.1. The summed E-state index contributed by atoms with van der Waals surface area (Å²) in [5.41, 5.74) is -4.14. The lowest BCUT2D eigenvalue weighted by Gasteiger charge is -2.45. The molecule has 0 spiro atoms. The van der Waals surface area contributed by atoms with E-state index in [4.69, 9.17) is 12.2 Å². The molecule has 0 unspecified atom stereocenters. The number of urea groups is 1. The molecule has 2 fully saturated rings. The van der Waals surface area contributed by atoms with Crippen molar-refractivity contribution >= 4 is 44.7 Å². The van der Waals surface area contributed by atoms with Crippen LogP contribution in [0.1, 0.15) is 46.6 Å². The number of halogens is 3. The van der Waals surface area contributed by atoms with Crippen LogP contribution in [0.25, 0.3) is 0 Å². The fraction of sp³-hybridized carbons (Fsp3) is 0.536. The summed E-state index contributed by atoms with van der Waals surface area (Å²) in [7, 11) is -3.99. The summed E-state index contributed by atoms with van der Waals surface area (Å²) >= 11 is 5.32. The second-order valence-corrected chi connectivity index (χ2v) is 14.0. The molecule has 0 aromatic heterocycles. The minimum atomic E-state index is -4.89. The Balaban J connectivity index is 1.71. The average molecular weight is 629 g/mol. The van der Waals surface area contributed by atoms with Gasteiger partial charge in [0, 0.05) is 49.2 Å². The monoisotopic (exact) mass is 628 g/mol. The highest BCUT2D eigenvalue weighted by atomic mass is 32.2. The Labute approximate surface area is 249 Å².